The normalized spacial score (nSPS) is 11.0. The van der Waals surface area contributed by atoms with Crippen LogP contribution in [-0.2, 0) is 0 Å². The fourth-order valence-electron chi connectivity index (χ4n) is 2.94. The predicted molar refractivity (Wildman–Crippen MR) is 97.0 cm³/mol. The van der Waals surface area contributed by atoms with Crippen molar-refractivity contribution in [3.05, 3.63) is 65.2 Å². The van der Waals surface area contributed by atoms with Gasteiger partial charge in [0.2, 0.25) is 5.82 Å². The zero-order valence-electron chi connectivity index (χ0n) is 14.4. The maximum atomic E-state index is 5.43. The second kappa shape index (κ2) is 6.02. The molecule has 0 aliphatic rings. The molecule has 0 unspecified atom stereocenters. The van der Waals surface area contributed by atoms with Gasteiger partial charge in [0.25, 0.3) is 5.89 Å². The first-order chi connectivity index (χ1) is 12.1. The lowest BCUT2D eigenvalue weighted by molar-refractivity contribution is 0.431. The first-order valence-electron chi connectivity index (χ1n) is 8.15. The molecule has 0 saturated carbocycles. The van der Waals surface area contributed by atoms with E-state index >= 15 is 0 Å². The molecule has 0 fully saturated rings. The van der Waals surface area contributed by atoms with E-state index in [1.165, 1.54) is 11.1 Å². The zero-order valence-corrected chi connectivity index (χ0v) is 14.4. The van der Waals surface area contributed by atoms with Gasteiger partial charge < -0.3 is 4.52 Å². The van der Waals surface area contributed by atoms with Crippen molar-refractivity contribution in [3.63, 3.8) is 0 Å². The summed E-state index contributed by atoms with van der Waals surface area (Å²) in [6.07, 6.45) is 0. The van der Waals surface area contributed by atoms with Crippen LogP contribution < -0.4 is 0 Å². The Balaban J connectivity index is 1.68. The Kier molecular flexibility index (Phi) is 3.69. The van der Waals surface area contributed by atoms with Crippen LogP contribution in [0.15, 0.2) is 53.1 Å². The molecule has 0 spiro atoms. The minimum Gasteiger partial charge on any atom is -0.332 e. The van der Waals surface area contributed by atoms with Crippen molar-refractivity contribution in [2.75, 3.05) is 0 Å². The van der Waals surface area contributed by atoms with Gasteiger partial charge in [-0.2, -0.15) is 10.1 Å². The molecule has 0 aliphatic heterocycles. The Bertz CT molecular complexity index is 1050. The number of nitrogens with zero attached hydrogens (tertiary/aromatic N) is 3. The Morgan fingerprint density at radius 2 is 1.72 bits per heavy atom. The van der Waals surface area contributed by atoms with E-state index in [9.17, 15) is 0 Å². The molecule has 0 atom stereocenters. The second-order valence-corrected chi connectivity index (χ2v) is 6.22. The van der Waals surface area contributed by atoms with Crippen LogP contribution in [0.2, 0.25) is 0 Å². The molecule has 0 aliphatic carbocycles. The number of hydrogen-bond donors (Lipinski definition) is 1. The van der Waals surface area contributed by atoms with Gasteiger partial charge in [-0.3, -0.25) is 5.10 Å². The van der Waals surface area contributed by atoms with E-state index in [4.69, 9.17) is 4.52 Å². The molecule has 2 aromatic heterocycles. The fourth-order valence-corrected chi connectivity index (χ4v) is 2.94. The average molecular weight is 330 g/mol. The molecule has 4 rings (SSSR count). The van der Waals surface area contributed by atoms with Gasteiger partial charge >= 0.3 is 0 Å². The van der Waals surface area contributed by atoms with Gasteiger partial charge in [-0.05, 0) is 38.0 Å². The second-order valence-electron chi connectivity index (χ2n) is 6.22. The number of hydrogen-bond acceptors (Lipinski definition) is 4. The molecule has 2 heterocycles. The minimum atomic E-state index is 0.432. The number of rotatable bonds is 3. The van der Waals surface area contributed by atoms with Gasteiger partial charge in [0.05, 0.1) is 5.69 Å². The number of aromatic nitrogens is 4. The van der Waals surface area contributed by atoms with Crippen LogP contribution in [0.4, 0.5) is 0 Å². The summed E-state index contributed by atoms with van der Waals surface area (Å²) in [5, 5.41) is 11.5. The topological polar surface area (TPSA) is 67.6 Å². The number of nitrogens with one attached hydrogen (secondary N) is 1. The maximum absolute atomic E-state index is 5.43. The highest BCUT2D eigenvalue weighted by Crippen LogP contribution is 2.28. The number of H-pyrrole nitrogens is 1. The lowest BCUT2D eigenvalue weighted by Crippen LogP contribution is -1.84. The highest BCUT2D eigenvalue weighted by atomic mass is 16.5. The van der Waals surface area contributed by atoms with Crippen LogP contribution in [0.25, 0.3) is 34.2 Å². The quantitative estimate of drug-likeness (QED) is 0.590. The first-order valence-corrected chi connectivity index (χ1v) is 8.15. The standard InChI is InChI=1S/C20H18N4O/c1-12-8-9-15(14(3)10-12)17-11-18(23-22-17)20-21-19(24-25-20)16-7-5-4-6-13(16)2/h4-11H,1-3H3,(H,22,23). The van der Waals surface area contributed by atoms with E-state index in [0.717, 1.165) is 22.4 Å². The van der Waals surface area contributed by atoms with Gasteiger partial charge in [-0.25, -0.2) is 0 Å². The molecule has 0 saturated heterocycles. The van der Waals surface area contributed by atoms with Crippen molar-refractivity contribution >= 4 is 0 Å². The molecular formula is C20H18N4O. The van der Waals surface area contributed by atoms with E-state index < -0.39 is 0 Å². The van der Waals surface area contributed by atoms with Crippen LogP contribution >= 0.6 is 0 Å². The van der Waals surface area contributed by atoms with Crippen LogP contribution in [-0.4, -0.2) is 20.3 Å². The molecule has 0 amide bonds. The molecule has 0 bridgehead atoms. The molecule has 25 heavy (non-hydrogen) atoms. The molecule has 5 heteroatoms. The largest absolute Gasteiger partial charge is 0.332 e. The summed E-state index contributed by atoms with van der Waals surface area (Å²) >= 11 is 0. The lowest BCUT2D eigenvalue weighted by atomic mass is 10.0. The van der Waals surface area contributed by atoms with Crippen molar-refractivity contribution in [1.82, 2.24) is 20.3 Å². The summed E-state index contributed by atoms with van der Waals surface area (Å²) in [6, 6.07) is 16.2. The number of aryl methyl sites for hydroxylation is 3. The van der Waals surface area contributed by atoms with Crippen molar-refractivity contribution in [3.8, 4) is 34.2 Å². The Hall–Kier alpha value is -3.21. The smallest absolute Gasteiger partial charge is 0.276 e. The number of aromatic amines is 1. The van der Waals surface area contributed by atoms with Crippen LogP contribution in [0.5, 0.6) is 0 Å². The predicted octanol–water partition coefficient (Wildman–Crippen LogP) is 4.72. The Morgan fingerprint density at radius 1 is 0.880 bits per heavy atom. The Morgan fingerprint density at radius 3 is 2.52 bits per heavy atom. The lowest BCUT2D eigenvalue weighted by Gasteiger charge is -2.02. The molecule has 4 aromatic rings. The molecule has 124 valence electrons. The van der Waals surface area contributed by atoms with E-state index in [1.54, 1.807) is 0 Å². The van der Waals surface area contributed by atoms with Crippen LogP contribution in [0, 0.1) is 20.8 Å². The van der Waals surface area contributed by atoms with Gasteiger partial charge in [0.15, 0.2) is 0 Å². The average Bonchev–Trinajstić information content (AvgIpc) is 3.24. The fraction of sp³-hybridized carbons (Fsp3) is 0.150. The van der Waals surface area contributed by atoms with Gasteiger partial charge in [-0.15, -0.1) is 0 Å². The molecule has 2 aromatic carbocycles. The van der Waals surface area contributed by atoms with E-state index in [0.29, 0.717) is 17.4 Å². The zero-order chi connectivity index (χ0) is 17.4. The highest BCUT2D eigenvalue weighted by Gasteiger charge is 2.15. The summed E-state index contributed by atoms with van der Waals surface area (Å²) in [5.74, 6) is 1.01. The SMILES string of the molecule is Cc1ccc(-c2cc(-c3nc(-c4ccccc4C)no3)[nH]n2)c(C)c1. The van der Waals surface area contributed by atoms with E-state index in [2.05, 4.69) is 52.4 Å². The summed E-state index contributed by atoms with van der Waals surface area (Å²) in [7, 11) is 0. The van der Waals surface area contributed by atoms with Crippen molar-refractivity contribution in [2.45, 2.75) is 20.8 Å². The Labute approximate surface area is 145 Å². The first kappa shape index (κ1) is 15.3. The van der Waals surface area contributed by atoms with E-state index in [-0.39, 0.29) is 0 Å². The summed E-state index contributed by atoms with van der Waals surface area (Å²) in [5.41, 5.74) is 7.15. The molecule has 0 radical (unpaired) electrons. The van der Waals surface area contributed by atoms with Crippen LogP contribution in [0.1, 0.15) is 16.7 Å². The molecule has 5 nitrogen and oxygen atoms in total. The third-order valence-corrected chi connectivity index (χ3v) is 4.28. The minimum absolute atomic E-state index is 0.432. The third-order valence-electron chi connectivity index (χ3n) is 4.28. The van der Waals surface area contributed by atoms with Crippen LogP contribution in [0.3, 0.4) is 0 Å². The monoisotopic (exact) mass is 330 g/mol. The number of benzene rings is 2. The van der Waals surface area contributed by atoms with Gasteiger partial charge in [-0.1, -0.05) is 53.2 Å². The third kappa shape index (κ3) is 2.85. The van der Waals surface area contributed by atoms with Crippen molar-refractivity contribution in [2.24, 2.45) is 0 Å². The molecule has 1 N–H and O–H groups in total. The summed E-state index contributed by atoms with van der Waals surface area (Å²) in [4.78, 5) is 4.51. The summed E-state index contributed by atoms with van der Waals surface area (Å²) < 4.78 is 5.43. The maximum Gasteiger partial charge on any atom is 0.276 e. The molecular weight excluding hydrogens is 312 g/mol. The van der Waals surface area contributed by atoms with E-state index in [1.807, 2.05) is 37.3 Å². The van der Waals surface area contributed by atoms with Gasteiger partial charge in [0, 0.05) is 11.1 Å². The van der Waals surface area contributed by atoms with Crippen molar-refractivity contribution in [1.29, 1.82) is 0 Å². The summed E-state index contributed by atoms with van der Waals surface area (Å²) in [6.45, 7) is 6.19. The van der Waals surface area contributed by atoms with Gasteiger partial charge in [0.1, 0.15) is 5.69 Å². The highest BCUT2D eigenvalue weighted by molar-refractivity contribution is 5.68. The van der Waals surface area contributed by atoms with Crippen molar-refractivity contribution < 1.29 is 4.52 Å².